The van der Waals surface area contributed by atoms with Gasteiger partial charge in [-0.05, 0) is 6.92 Å². The maximum atomic E-state index is 5.75. The molecule has 2 rings (SSSR count). The number of nitrogen functional groups attached to an aromatic ring is 1. The molecule has 15 heavy (non-hydrogen) atoms. The molecule has 0 radical (unpaired) electrons. The van der Waals surface area contributed by atoms with Crippen LogP contribution in [0.25, 0.3) is 0 Å². The zero-order valence-electron chi connectivity index (χ0n) is 8.60. The summed E-state index contributed by atoms with van der Waals surface area (Å²) in [5, 5.41) is 13.9. The van der Waals surface area contributed by atoms with Crippen LogP contribution in [-0.2, 0) is 7.05 Å². The largest absolute Gasteiger partial charge is 0.394 e. The summed E-state index contributed by atoms with van der Waals surface area (Å²) in [4.78, 5) is 4.04. The van der Waals surface area contributed by atoms with Crippen LogP contribution in [0.2, 0.25) is 0 Å². The van der Waals surface area contributed by atoms with Gasteiger partial charge >= 0.3 is 0 Å². The van der Waals surface area contributed by atoms with Gasteiger partial charge in [0.25, 0.3) is 0 Å². The van der Waals surface area contributed by atoms with Crippen LogP contribution >= 0.6 is 0 Å². The van der Waals surface area contributed by atoms with Crippen LogP contribution in [0.3, 0.4) is 0 Å². The number of aromatic nitrogens is 5. The molecule has 1 atom stereocenters. The standard InChI is InChI=1S/C8H13N7/c1-5(7-10-4-11-13-7)12-8-6(9)3-15(2)14-8/h3-5H,9H2,1-2H3,(H,12,14)(H,10,11,13). The Labute approximate surface area is 86.7 Å². The van der Waals surface area contributed by atoms with Crippen molar-refractivity contribution in [2.75, 3.05) is 11.1 Å². The summed E-state index contributed by atoms with van der Waals surface area (Å²) in [5.41, 5.74) is 6.37. The van der Waals surface area contributed by atoms with Crippen molar-refractivity contribution in [1.82, 2.24) is 25.0 Å². The van der Waals surface area contributed by atoms with Crippen LogP contribution < -0.4 is 11.1 Å². The summed E-state index contributed by atoms with van der Waals surface area (Å²) in [6, 6.07) is -0.00954. The van der Waals surface area contributed by atoms with Crippen LogP contribution in [0.15, 0.2) is 12.5 Å². The van der Waals surface area contributed by atoms with E-state index in [-0.39, 0.29) is 6.04 Å². The highest BCUT2D eigenvalue weighted by Gasteiger charge is 2.11. The highest BCUT2D eigenvalue weighted by atomic mass is 15.3. The number of anilines is 2. The zero-order valence-corrected chi connectivity index (χ0v) is 8.60. The second-order valence-corrected chi connectivity index (χ2v) is 3.34. The Bertz CT molecular complexity index is 430. The minimum atomic E-state index is -0.00954. The second-order valence-electron chi connectivity index (χ2n) is 3.34. The number of aromatic amines is 1. The summed E-state index contributed by atoms with van der Waals surface area (Å²) >= 11 is 0. The molecule has 2 aromatic rings. The average molecular weight is 207 g/mol. The smallest absolute Gasteiger partial charge is 0.171 e. The number of H-pyrrole nitrogens is 1. The van der Waals surface area contributed by atoms with E-state index in [2.05, 4.69) is 25.6 Å². The number of aryl methyl sites for hydroxylation is 1. The van der Waals surface area contributed by atoms with E-state index >= 15 is 0 Å². The van der Waals surface area contributed by atoms with Crippen LogP contribution in [0.5, 0.6) is 0 Å². The first-order valence-electron chi connectivity index (χ1n) is 4.57. The topological polar surface area (TPSA) is 97.4 Å². The number of nitrogens with two attached hydrogens (primary N) is 1. The number of nitrogens with one attached hydrogen (secondary N) is 2. The Morgan fingerprint density at radius 2 is 2.40 bits per heavy atom. The Balaban J connectivity index is 2.12. The fourth-order valence-electron chi connectivity index (χ4n) is 1.32. The molecule has 0 aliphatic heterocycles. The van der Waals surface area contributed by atoms with Crippen LogP contribution in [0.4, 0.5) is 11.5 Å². The van der Waals surface area contributed by atoms with Gasteiger partial charge in [0.1, 0.15) is 12.2 Å². The molecule has 0 aromatic carbocycles. The highest BCUT2D eigenvalue weighted by molar-refractivity contribution is 5.60. The highest BCUT2D eigenvalue weighted by Crippen LogP contribution is 2.19. The van der Waals surface area contributed by atoms with E-state index in [0.29, 0.717) is 11.5 Å². The van der Waals surface area contributed by atoms with Crippen molar-refractivity contribution >= 4 is 11.5 Å². The van der Waals surface area contributed by atoms with Gasteiger partial charge in [0.2, 0.25) is 0 Å². The summed E-state index contributed by atoms with van der Waals surface area (Å²) < 4.78 is 1.66. The normalized spacial score (nSPS) is 12.7. The van der Waals surface area contributed by atoms with E-state index in [1.54, 1.807) is 10.9 Å². The van der Waals surface area contributed by atoms with Gasteiger partial charge in [0.05, 0.1) is 11.7 Å². The third-order valence-corrected chi connectivity index (χ3v) is 2.05. The number of rotatable bonds is 3. The maximum absolute atomic E-state index is 5.75. The number of nitrogens with zero attached hydrogens (tertiary/aromatic N) is 4. The first-order valence-corrected chi connectivity index (χ1v) is 4.57. The molecule has 0 saturated heterocycles. The quantitative estimate of drug-likeness (QED) is 0.672. The van der Waals surface area contributed by atoms with Gasteiger partial charge in [0, 0.05) is 13.2 Å². The van der Waals surface area contributed by atoms with Crippen LogP contribution in [-0.4, -0.2) is 25.0 Å². The Hall–Kier alpha value is -2.05. The molecule has 0 bridgehead atoms. The summed E-state index contributed by atoms with van der Waals surface area (Å²) in [6.45, 7) is 1.95. The lowest BCUT2D eigenvalue weighted by Gasteiger charge is -2.09. The molecule has 7 nitrogen and oxygen atoms in total. The first kappa shape index (κ1) is 9.50. The second kappa shape index (κ2) is 3.60. The third kappa shape index (κ3) is 1.90. The number of hydrogen-bond acceptors (Lipinski definition) is 5. The fraction of sp³-hybridized carbons (Fsp3) is 0.375. The molecule has 2 aromatic heterocycles. The first-order chi connectivity index (χ1) is 7.16. The van der Waals surface area contributed by atoms with Gasteiger partial charge in [0.15, 0.2) is 5.82 Å². The molecule has 7 heteroatoms. The van der Waals surface area contributed by atoms with Crippen LogP contribution in [0.1, 0.15) is 18.8 Å². The van der Waals surface area contributed by atoms with Gasteiger partial charge in [-0.2, -0.15) is 10.2 Å². The molecule has 0 amide bonds. The van der Waals surface area contributed by atoms with Gasteiger partial charge in [-0.25, -0.2) is 4.98 Å². The summed E-state index contributed by atoms with van der Waals surface area (Å²) in [7, 11) is 1.82. The minimum absolute atomic E-state index is 0.00954. The van der Waals surface area contributed by atoms with Crippen molar-refractivity contribution in [3.63, 3.8) is 0 Å². The van der Waals surface area contributed by atoms with E-state index in [0.717, 1.165) is 5.82 Å². The van der Waals surface area contributed by atoms with E-state index < -0.39 is 0 Å². The van der Waals surface area contributed by atoms with Crippen molar-refractivity contribution in [1.29, 1.82) is 0 Å². The lowest BCUT2D eigenvalue weighted by atomic mass is 10.3. The number of hydrogen-bond donors (Lipinski definition) is 3. The molecule has 4 N–H and O–H groups in total. The van der Waals surface area contributed by atoms with Crippen molar-refractivity contribution in [3.8, 4) is 0 Å². The van der Waals surface area contributed by atoms with Gasteiger partial charge in [-0.1, -0.05) is 0 Å². The lowest BCUT2D eigenvalue weighted by Crippen LogP contribution is -2.10. The molecular weight excluding hydrogens is 194 g/mol. The molecule has 1 unspecified atom stereocenters. The van der Waals surface area contributed by atoms with Crippen molar-refractivity contribution < 1.29 is 0 Å². The predicted octanol–water partition coefficient (Wildman–Crippen LogP) is 0.293. The minimum Gasteiger partial charge on any atom is -0.394 e. The zero-order chi connectivity index (χ0) is 10.8. The third-order valence-electron chi connectivity index (χ3n) is 2.05. The van der Waals surface area contributed by atoms with Gasteiger partial charge < -0.3 is 11.1 Å². The Morgan fingerprint density at radius 1 is 1.60 bits per heavy atom. The van der Waals surface area contributed by atoms with E-state index in [9.17, 15) is 0 Å². The average Bonchev–Trinajstić information content (AvgIpc) is 2.76. The molecule has 0 fully saturated rings. The predicted molar refractivity (Wildman–Crippen MR) is 56.0 cm³/mol. The molecule has 0 aliphatic carbocycles. The summed E-state index contributed by atoms with van der Waals surface area (Å²) in [5.74, 6) is 1.40. The van der Waals surface area contributed by atoms with Crippen molar-refractivity contribution in [2.24, 2.45) is 7.05 Å². The molecule has 80 valence electrons. The van der Waals surface area contributed by atoms with E-state index in [4.69, 9.17) is 5.73 Å². The fourth-order valence-corrected chi connectivity index (χ4v) is 1.32. The van der Waals surface area contributed by atoms with E-state index in [1.807, 2.05) is 14.0 Å². The van der Waals surface area contributed by atoms with Crippen molar-refractivity contribution in [2.45, 2.75) is 13.0 Å². The van der Waals surface area contributed by atoms with Crippen LogP contribution in [0, 0.1) is 0 Å². The van der Waals surface area contributed by atoms with Gasteiger partial charge in [-0.15, -0.1) is 0 Å². The lowest BCUT2D eigenvalue weighted by molar-refractivity contribution is 0.747. The SMILES string of the molecule is CC(Nc1nn(C)cc1N)c1ncn[nH]1. The maximum Gasteiger partial charge on any atom is 0.171 e. The summed E-state index contributed by atoms with van der Waals surface area (Å²) in [6.07, 6.45) is 3.21. The van der Waals surface area contributed by atoms with Crippen molar-refractivity contribution in [3.05, 3.63) is 18.3 Å². The Morgan fingerprint density at radius 3 is 2.93 bits per heavy atom. The molecule has 0 saturated carbocycles. The molecular formula is C8H13N7. The molecule has 0 aliphatic rings. The van der Waals surface area contributed by atoms with Gasteiger partial charge in [-0.3, -0.25) is 9.78 Å². The monoisotopic (exact) mass is 207 g/mol. The van der Waals surface area contributed by atoms with E-state index in [1.165, 1.54) is 6.33 Å². The molecule has 0 spiro atoms. The molecule has 2 heterocycles. The Kier molecular flexibility index (Phi) is 2.28.